The average Bonchev–Trinajstić information content (AvgIpc) is 3.20. The molecule has 1 heterocycles. The first-order valence-electron chi connectivity index (χ1n) is 9.37. The fourth-order valence-corrected chi connectivity index (χ4v) is 3.07. The predicted octanol–water partition coefficient (Wildman–Crippen LogP) is 3.81. The van der Waals surface area contributed by atoms with Crippen molar-refractivity contribution in [2.75, 3.05) is 21.3 Å². The summed E-state index contributed by atoms with van der Waals surface area (Å²) in [6, 6.07) is 14.8. The Morgan fingerprint density at radius 1 is 1.03 bits per heavy atom. The number of aliphatic carboxylic acids is 1. The van der Waals surface area contributed by atoms with E-state index in [0.29, 0.717) is 29.4 Å². The van der Waals surface area contributed by atoms with Crippen LogP contribution in [0.3, 0.4) is 0 Å². The minimum absolute atomic E-state index is 0.205. The van der Waals surface area contributed by atoms with E-state index in [9.17, 15) is 9.90 Å². The van der Waals surface area contributed by atoms with Gasteiger partial charge < -0.3 is 24.1 Å². The third-order valence-electron chi connectivity index (χ3n) is 4.56. The first kappa shape index (κ1) is 21.0. The van der Waals surface area contributed by atoms with Gasteiger partial charge in [0.2, 0.25) is 11.6 Å². The van der Waals surface area contributed by atoms with Gasteiger partial charge in [0.25, 0.3) is 0 Å². The van der Waals surface area contributed by atoms with Crippen molar-refractivity contribution in [2.24, 2.45) is 0 Å². The van der Waals surface area contributed by atoms with Gasteiger partial charge >= 0.3 is 5.97 Å². The zero-order valence-corrected chi connectivity index (χ0v) is 17.3. The second-order valence-corrected chi connectivity index (χ2v) is 6.38. The highest BCUT2D eigenvalue weighted by Crippen LogP contribution is 2.42. The normalized spacial score (nSPS) is 11.6. The van der Waals surface area contributed by atoms with Gasteiger partial charge in [-0.05, 0) is 30.7 Å². The molecule has 0 aliphatic heterocycles. The third-order valence-corrected chi connectivity index (χ3v) is 4.56. The minimum Gasteiger partial charge on any atom is -0.493 e. The SMILES string of the molecule is CCC(Oc1cc(-c2cc(OC)c(OC)c(OC)c2)n(-c2ccccc2)n1)C(=O)O. The van der Waals surface area contributed by atoms with E-state index in [1.54, 1.807) is 44.0 Å². The average molecular weight is 412 g/mol. The Morgan fingerprint density at radius 2 is 1.67 bits per heavy atom. The Morgan fingerprint density at radius 3 is 2.17 bits per heavy atom. The fraction of sp³-hybridized carbons (Fsp3) is 0.273. The smallest absolute Gasteiger partial charge is 0.344 e. The highest BCUT2D eigenvalue weighted by molar-refractivity contribution is 5.73. The van der Waals surface area contributed by atoms with Gasteiger partial charge in [-0.15, -0.1) is 5.10 Å². The number of carbonyl (C=O) groups is 1. The molecule has 3 rings (SSSR count). The molecule has 0 bridgehead atoms. The molecule has 0 spiro atoms. The monoisotopic (exact) mass is 412 g/mol. The summed E-state index contributed by atoms with van der Waals surface area (Å²) < 4.78 is 23.6. The Bertz CT molecular complexity index is 991. The molecular formula is C22H24N2O6. The van der Waals surface area contributed by atoms with Crippen LogP contribution in [0.25, 0.3) is 16.9 Å². The number of carboxylic acid groups (broad SMARTS) is 1. The number of carboxylic acids is 1. The highest BCUT2D eigenvalue weighted by Gasteiger charge is 2.22. The van der Waals surface area contributed by atoms with Gasteiger partial charge in [-0.25, -0.2) is 9.48 Å². The zero-order valence-electron chi connectivity index (χ0n) is 17.3. The molecule has 0 radical (unpaired) electrons. The van der Waals surface area contributed by atoms with Crippen molar-refractivity contribution in [3.63, 3.8) is 0 Å². The Hall–Kier alpha value is -3.68. The van der Waals surface area contributed by atoms with Crippen molar-refractivity contribution in [1.29, 1.82) is 0 Å². The largest absolute Gasteiger partial charge is 0.493 e. The lowest BCUT2D eigenvalue weighted by atomic mass is 10.1. The lowest BCUT2D eigenvalue weighted by Gasteiger charge is -2.14. The predicted molar refractivity (Wildman–Crippen MR) is 111 cm³/mol. The van der Waals surface area contributed by atoms with E-state index in [4.69, 9.17) is 18.9 Å². The standard InChI is InChI=1S/C22H24N2O6/c1-5-17(22(25)26)30-20-13-16(24(23-20)15-9-7-6-8-10-15)14-11-18(27-2)21(29-4)19(12-14)28-3/h6-13,17H,5H2,1-4H3,(H,25,26). The lowest BCUT2D eigenvalue weighted by Crippen LogP contribution is -2.26. The third kappa shape index (κ3) is 4.17. The molecule has 0 aliphatic carbocycles. The summed E-state index contributed by atoms with van der Waals surface area (Å²) >= 11 is 0. The van der Waals surface area contributed by atoms with Gasteiger partial charge in [-0.1, -0.05) is 25.1 Å². The van der Waals surface area contributed by atoms with Crippen LogP contribution >= 0.6 is 0 Å². The van der Waals surface area contributed by atoms with Crippen LogP contribution < -0.4 is 18.9 Å². The van der Waals surface area contributed by atoms with Crippen molar-refractivity contribution in [3.05, 3.63) is 48.5 Å². The molecule has 0 saturated carbocycles. The van der Waals surface area contributed by atoms with Crippen molar-refractivity contribution in [2.45, 2.75) is 19.4 Å². The number of rotatable bonds is 9. The van der Waals surface area contributed by atoms with E-state index in [2.05, 4.69) is 5.10 Å². The van der Waals surface area contributed by atoms with E-state index >= 15 is 0 Å². The number of hydrogen-bond donors (Lipinski definition) is 1. The van der Waals surface area contributed by atoms with Gasteiger partial charge in [-0.3, -0.25) is 0 Å². The maximum atomic E-state index is 11.4. The van der Waals surface area contributed by atoms with Crippen LogP contribution in [0.15, 0.2) is 48.5 Å². The molecule has 1 N–H and O–H groups in total. The number of methoxy groups -OCH3 is 3. The van der Waals surface area contributed by atoms with Crippen LogP contribution in [0.4, 0.5) is 0 Å². The summed E-state index contributed by atoms with van der Waals surface area (Å²) in [5.41, 5.74) is 2.20. The summed E-state index contributed by atoms with van der Waals surface area (Å²) in [6.45, 7) is 1.74. The molecule has 0 fully saturated rings. The molecule has 8 nitrogen and oxygen atoms in total. The van der Waals surface area contributed by atoms with Gasteiger partial charge in [0.05, 0.1) is 32.7 Å². The van der Waals surface area contributed by atoms with Gasteiger partial charge in [0, 0.05) is 11.6 Å². The van der Waals surface area contributed by atoms with Crippen LogP contribution in [-0.4, -0.2) is 48.3 Å². The topological polar surface area (TPSA) is 92.0 Å². The first-order valence-corrected chi connectivity index (χ1v) is 9.37. The molecule has 1 atom stereocenters. The molecular weight excluding hydrogens is 388 g/mol. The summed E-state index contributed by atoms with van der Waals surface area (Å²) in [7, 11) is 4.63. The number of nitrogens with zero attached hydrogens (tertiary/aromatic N) is 2. The van der Waals surface area contributed by atoms with Crippen molar-refractivity contribution in [1.82, 2.24) is 9.78 Å². The van der Waals surface area contributed by atoms with Crippen LogP contribution in [0.5, 0.6) is 23.1 Å². The Labute approximate surface area is 174 Å². The van der Waals surface area contributed by atoms with Crippen LogP contribution in [0, 0.1) is 0 Å². The number of aromatic nitrogens is 2. The molecule has 2 aromatic carbocycles. The van der Waals surface area contributed by atoms with Gasteiger partial charge in [-0.2, -0.15) is 0 Å². The highest BCUT2D eigenvalue weighted by atomic mass is 16.5. The molecule has 158 valence electrons. The summed E-state index contributed by atoms with van der Waals surface area (Å²) in [6.07, 6.45) is -0.676. The molecule has 1 unspecified atom stereocenters. The lowest BCUT2D eigenvalue weighted by molar-refractivity contribution is -0.145. The Balaban J connectivity index is 2.17. The quantitative estimate of drug-likeness (QED) is 0.571. The van der Waals surface area contributed by atoms with Gasteiger partial charge in [0.1, 0.15) is 0 Å². The molecule has 8 heteroatoms. The molecule has 0 aliphatic rings. The van der Waals surface area contributed by atoms with E-state index < -0.39 is 12.1 Å². The number of ether oxygens (including phenoxy) is 4. The number of para-hydroxylation sites is 1. The zero-order chi connectivity index (χ0) is 21.7. The maximum Gasteiger partial charge on any atom is 0.344 e. The van der Waals surface area contributed by atoms with E-state index in [1.165, 1.54) is 7.11 Å². The number of benzene rings is 2. The summed E-state index contributed by atoms with van der Waals surface area (Å²) in [5.74, 6) is 0.625. The van der Waals surface area contributed by atoms with Crippen molar-refractivity contribution in [3.8, 4) is 40.1 Å². The number of hydrogen-bond acceptors (Lipinski definition) is 6. The molecule has 0 saturated heterocycles. The van der Waals surface area contributed by atoms with Crippen LogP contribution in [0.2, 0.25) is 0 Å². The summed E-state index contributed by atoms with van der Waals surface area (Å²) in [4.78, 5) is 11.4. The second-order valence-electron chi connectivity index (χ2n) is 6.38. The van der Waals surface area contributed by atoms with Crippen LogP contribution in [0.1, 0.15) is 13.3 Å². The van der Waals surface area contributed by atoms with E-state index in [0.717, 1.165) is 11.3 Å². The van der Waals surface area contributed by atoms with Crippen LogP contribution in [-0.2, 0) is 4.79 Å². The maximum absolute atomic E-state index is 11.4. The molecule has 3 aromatic rings. The van der Waals surface area contributed by atoms with Crippen molar-refractivity contribution < 1.29 is 28.8 Å². The first-order chi connectivity index (χ1) is 14.5. The van der Waals surface area contributed by atoms with E-state index in [1.807, 2.05) is 30.3 Å². The fourth-order valence-electron chi connectivity index (χ4n) is 3.07. The summed E-state index contributed by atoms with van der Waals surface area (Å²) in [5, 5.41) is 13.8. The molecule has 0 amide bonds. The van der Waals surface area contributed by atoms with Crippen molar-refractivity contribution >= 4 is 5.97 Å². The minimum atomic E-state index is -1.04. The second kappa shape index (κ2) is 9.21. The van der Waals surface area contributed by atoms with Gasteiger partial charge in [0.15, 0.2) is 17.6 Å². The molecule has 1 aromatic heterocycles. The van der Waals surface area contributed by atoms with E-state index in [-0.39, 0.29) is 5.88 Å². The Kier molecular flexibility index (Phi) is 6.46. The molecule has 30 heavy (non-hydrogen) atoms.